The number of hydrogen-bond acceptors (Lipinski definition) is 4. The summed E-state index contributed by atoms with van der Waals surface area (Å²) < 4.78 is 10.7. The van der Waals surface area contributed by atoms with Crippen molar-refractivity contribution in [3.05, 3.63) is 35.9 Å². The lowest BCUT2D eigenvalue weighted by Crippen LogP contribution is -2.46. The van der Waals surface area contributed by atoms with Crippen molar-refractivity contribution in [3.8, 4) is 0 Å². The van der Waals surface area contributed by atoms with E-state index in [-0.39, 0.29) is 12.0 Å². The molecule has 1 amide bonds. The molecule has 5 heteroatoms. The Kier molecular flexibility index (Phi) is 5.98. The summed E-state index contributed by atoms with van der Waals surface area (Å²) in [5.41, 5.74) is 7.09. The Morgan fingerprint density at radius 3 is 2.85 bits per heavy atom. The lowest BCUT2D eigenvalue weighted by Gasteiger charge is -2.23. The van der Waals surface area contributed by atoms with Crippen LogP contribution in [0.3, 0.4) is 0 Å². The van der Waals surface area contributed by atoms with Gasteiger partial charge in [-0.1, -0.05) is 30.3 Å². The summed E-state index contributed by atoms with van der Waals surface area (Å²) in [7, 11) is 0. The van der Waals surface area contributed by atoms with E-state index in [4.69, 9.17) is 15.2 Å². The summed E-state index contributed by atoms with van der Waals surface area (Å²) in [6.45, 7) is 2.19. The summed E-state index contributed by atoms with van der Waals surface area (Å²) >= 11 is 0. The fourth-order valence-corrected chi connectivity index (χ4v) is 2.10. The maximum absolute atomic E-state index is 11.9. The van der Waals surface area contributed by atoms with E-state index >= 15 is 0 Å². The van der Waals surface area contributed by atoms with Crippen molar-refractivity contribution in [2.45, 2.75) is 25.0 Å². The largest absolute Gasteiger partial charge is 0.376 e. The van der Waals surface area contributed by atoms with Crippen molar-refractivity contribution < 1.29 is 14.3 Å². The number of nitrogens with two attached hydrogens (primary N) is 1. The van der Waals surface area contributed by atoms with Crippen molar-refractivity contribution in [1.82, 2.24) is 5.32 Å². The smallest absolute Gasteiger partial charge is 0.237 e. The number of carbonyl (C=O) groups is 1. The quantitative estimate of drug-likeness (QED) is 0.793. The Morgan fingerprint density at radius 2 is 2.15 bits per heavy atom. The third kappa shape index (κ3) is 4.92. The van der Waals surface area contributed by atoms with Crippen LogP contribution in [0.25, 0.3) is 0 Å². The monoisotopic (exact) mass is 278 g/mol. The molecule has 110 valence electrons. The van der Waals surface area contributed by atoms with Crippen LogP contribution in [0, 0.1) is 0 Å². The van der Waals surface area contributed by atoms with E-state index in [1.807, 2.05) is 30.3 Å². The maximum Gasteiger partial charge on any atom is 0.237 e. The van der Waals surface area contributed by atoms with E-state index in [0.717, 1.165) is 6.42 Å². The van der Waals surface area contributed by atoms with Gasteiger partial charge >= 0.3 is 0 Å². The Hall–Kier alpha value is -1.43. The van der Waals surface area contributed by atoms with Crippen LogP contribution >= 0.6 is 0 Å². The van der Waals surface area contributed by atoms with Gasteiger partial charge in [-0.05, 0) is 18.4 Å². The van der Waals surface area contributed by atoms with Gasteiger partial charge in [-0.2, -0.15) is 0 Å². The van der Waals surface area contributed by atoms with Crippen molar-refractivity contribution in [2.24, 2.45) is 5.73 Å². The van der Waals surface area contributed by atoms with Crippen molar-refractivity contribution in [2.75, 3.05) is 26.4 Å². The first kappa shape index (κ1) is 15.0. The minimum atomic E-state index is -0.486. The summed E-state index contributed by atoms with van der Waals surface area (Å²) in [5, 5.41) is 2.82. The Bertz CT molecular complexity index is 405. The number of amides is 1. The van der Waals surface area contributed by atoms with Gasteiger partial charge < -0.3 is 20.5 Å². The molecule has 0 aliphatic carbocycles. The summed E-state index contributed by atoms with van der Waals surface area (Å²) in [4.78, 5) is 11.9. The van der Waals surface area contributed by atoms with Crippen LogP contribution < -0.4 is 11.1 Å². The van der Waals surface area contributed by atoms with Crippen LogP contribution in [0.2, 0.25) is 0 Å². The SMILES string of the molecule is N[C@@H](CCc1ccccc1)C(=O)NCC1COCCO1. The van der Waals surface area contributed by atoms with Gasteiger partial charge in [-0.3, -0.25) is 4.79 Å². The first-order valence-corrected chi connectivity index (χ1v) is 7.02. The number of hydrogen-bond donors (Lipinski definition) is 2. The fourth-order valence-electron chi connectivity index (χ4n) is 2.10. The highest BCUT2D eigenvalue weighted by atomic mass is 16.6. The molecule has 0 radical (unpaired) electrons. The van der Waals surface area contributed by atoms with Gasteiger partial charge in [0.1, 0.15) is 0 Å². The molecule has 2 atom stereocenters. The minimum absolute atomic E-state index is 0.0611. The average molecular weight is 278 g/mol. The van der Waals surface area contributed by atoms with Crippen LogP contribution in [0.15, 0.2) is 30.3 Å². The van der Waals surface area contributed by atoms with E-state index in [1.54, 1.807) is 0 Å². The van der Waals surface area contributed by atoms with Gasteiger partial charge in [-0.25, -0.2) is 0 Å². The van der Waals surface area contributed by atoms with Gasteiger partial charge in [0.25, 0.3) is 0 Å². The Labute approximate surface area is 119 Å². The topological polar surface area (TPSA) is 73.6 Å². The zero-order valence-corrected chi connectivity index (χ0v) is 11.6. The molecule has 0 saturated carbocycles. The first-order valence-electron chi connectivity index (χ1n) is 7.02. The molecule has 1 aliphatic rings. The molecule has 1 aromatic rings. The van der Waals surface area contributed by atoms with Gasteiger partial charge in [0.05, 0.1) is 32.0 Å². The van der Waals surface area contributed by atoms with Crippen molar-refractivity contribution in [1.29, 1.82) is 0 Å². The molecule has 2 rings (SSSR count). The van der Waals surface area contributed by atoms with Crippen LogP contribution in [-0.2, 0) is 20.7 Å². The first-order chi connectivity index (χ1) is 9.75. The number of benzene rings is 1. The van der Waals surface area contributed by atoms with Gasteiger partial charge in [-0.15, -0.1) is 0 Å². The molecule has 1 aromatic carbocycles. The van der Waals surface area contributed by atoms with Crippen LogP contribution in [0.4, 0.5) is 0 Å². The van der Waals surface area contributed by atoms with Crippen molar-refractivity contribution >= 4 is 5.91 Å². The number of nitrogens with one attached hydrogen (secondary N) is 1. The molecule has 1 unspecified atom stereocenters. The van der Waals surface area contributed by atoms with E-state index < -0.39 is 6.04 Å². The number of rotatable bonds is 6. The third-order valence-corrected chi connectivity index (χ3v) is 3.31. The van der Waals surface area contributed by atoms with Gasteiger partial charge in [0, 0.05) is 6.54 Å². The molecule has 5 nitrogen and oxygen atoms in total. The summed E-state index contributed by atoms with van der Waals surface area (Å²) in [5.74, 6) is -0.130. The molecule has 1 saturated heterocycles. The van der Waals surface area contributed by atoms with Crippen LogP contribution in [-0.4, -0.2) is 44.4 Å². The second-order valence-corrected chi connectivity index (χ2v) is 4.94. The van der Waals surface area contributed by atoms with E-state index in [1.165, 1.54) is 5.56 Å². The summed E-state index contributed by atoms with van der Waals surface area (Å²) in [6.07, 6.45) is 1.38. The molecular formula is C15H22N2O3. The second kappa shape index (κ2) is 7.99. The van der Waals surface area contributed by atoms with Crippen LogP contribution in [0.5, 0.6) is 0 Å². The number of ether oxygens (including phenoxy) is 2. The predicted molar refractivity (Wildman–Crippen MR) is 76.3 cm³/mol. The Morgan fingerprint density at radius 1 is 1.35 bits per heavy atom. The second-order valence-electron chi connectivity index (χ2n) is 4.94. The highest BCUT2D eigenvalue weighted by Gasteiger charge is 2.18. The molecule has 0 aromatic heterocycles. The maximum atomic E-state index is 11.9. The van der Waals surface area contributed by atoms with E-state index in [0.29, 0.717) is 32.8 Å². The zero-order valence-electron chi connectivity index (χ0n) is 11.6. The normalized spacial score (nSPS) is 20.4. The van der Waals surface area contributed by atoms with E-state index in [9.17, 15) is 4.79 Å². The molecule has 1 heterocycles. The Balaban J connectivity index is 1.66. The minimum Gasteiger partial charge on any atom is -0.376 e. The lowest BCUT2D eigenvalue weighted by atomic mass is 10.1. The van der Waals surface area contributed by atoms with E-state index in [2.05, 4.69) is 5.32 Å². The molecule has 1 aliphatic heterocycles. The highest BCUT2D eigenvalue weighted by Crippen LogP contribution is 2.04. The molecule has 20 heavy (non-hydrogen) atoms. The molecule has 0 spiro atoms. The standard InChI is InChI=1S/C15H22N2O3/c16-14(7-6-12-4-2-1-3-5-12)15(18)17-10-13-11-19-8-9-20-13/h1-5,13-14H,6-11,16H2,(H,17,18)/t13?,14-/m0/s1. The number of carbonyl (C=O) groups excluding carboxylic acids is 1. The van der Waals surface area contributed by atoms with Crippen LogP contribution in [0.1, 0.15) is 12.0 Å². The summed E-state index contributed by atoms with van der Waals surface area (Å²) in [6, 6.07) is 9.54. The molecule has 1 fully saturated rings. The van der Waals surface area contributed by atoms with Gasteiger partial charge in [0.15, 0.2) is 0 Å². The van der Waals surface area contributed by atoms with Gasteiger partial charge in [0.2, 0.25) is 5.91 Å². The predicted octanol–water partition coefficient (Wildman–Crippen LogP) is 0.478. The molecule has 0 bridgehead atoms. The molecular weight excluding hydrogens is 256 g/mol. The third-order valence-electron chi connectivity index (χ3n) is 3.31. The zero-order chi connectivity index (χ0) is 14.2. The average Bonchev–Trinajstić information content (AvgIpc) is 2.52. The molecule has 3 N–H and O–H groups in total. The number of aryl methyl sites for hydroxylation is 1. The highest BCUT2D eigenvalue weighted by molar-refractivity contribution is 5.81. The lowest BCUT2D eigenvalue weighted by molar-refractivity contribution is -0.125. The fraction of sp³-hybridized carbons (Fsp3) is 0.533. The van der Waals surface area contributed by atoms with Crippen molar-refractivity contribution in [3.63, 3.8) is 0 Å².